The predicted molar refractivity (Wildman–Crippen MR) is 107 cm³/mol. The summed E-state index contributed by atoms with van der Waals surface area (Å²) >= 11 is 0. The summed E-state index contributed by atoms with van der Waals surface area (Å²) in [5.41, 5.74) is 1.71. The maximum Gasteiger partial charge on any atom is 0.298 e. The van der Waals surface area contributed by atoms with Crippen LogP contribution >= 0.6 is 24.8 Å². The number of nitrogens with one attached hydrogen (secondary N) is 2. The number of oxazole rings is 1. The standard InChI is InChI=1S/C18H24N4O2.2ClH/c23-17(20-14-5-9-19-10-6-14)13-7-11-22(12-8-13)18-21-15-3-1-2-4-16(15)24-18;;/h1-4,13-14,19H,5-12H2,(H,20,23);2*1H. The number of piperidine rings is 2. The molecular weight excluding hydrogens is 375 g/mol. The smallest absolute Gasteiger partial charge is 0.298 e. The first-order valence-corrected chi connectivity index (χ1v) is 8.91. The molecule has 2 fully saturated rings. The van der Waals surface area contributed by atoms with Crippen LogP contribution in [-0.4, -0.2) is 43.1 Å². The van der Waals surface area contributed by atoms with Crippen LogP contribution in [0, 0.1) is 5.92 Å². The maximum atomic E-state index is 12.5. The van der Waals surface area contributed by atoms with Crippen LogP contribution in [0.2, 0.25) is 0 Å². The number of anilines is 1. The van der Waals surface area contributed by atoms with Crippen LogP contribution < -0.4 is 15.5 Å². The molecule has 1 aromatic heterocycles. The van der Waals surface area contributed by atoms with E-state index in [-0.39, 0.29) is 36.6 Å². The predicted octanol–water partition coefficient (Wildman–Crippen LogP) is 2.76. The Bertz CT molecular complexity index is 677. The van der Waals surface area contributed by atoms with E-state index in [4.69, 9.17) is 4.42 Å². The first-order chi connectivity index (χ1) is 11.8. The number of carbonyl (C=O) groups is 1. The van der Waals surface area contributed by atoms with E-state index in [1.54, 1.807) is 0 Å². The Morgan fingerprint density at radius 1 is 1.12 bits per heavy atom. The molecule has 0 atom stereocenters. The van der Waals surface area contributed by atoms with Crippen molar-refractivity contribution in [3.8, 4) is 0 Å². The summed E-state index contributed by atoms with van der Waals surface area (Å²) < 4.78 is 5.83. The van der Waals surface area contributed by atoms with Gasteiger partial charge in [-0.2, -0.15) is 4.98 Å². The van der Waals surface area contributed by atoms with Gasteiger partial charge in [0.25, 0.3) is 6.01 Å². The molecule has 8 heteroatoms. The number of hydrogen-bond acceptors (Lipinski definition) is 5. The van der Waals surface area contributed by atoms with Crippen molar-refractivity contribution in [2.75, 3.05) is 31.1 Å². The summed E-state index contributed by atoms with van der Waals surface area (Å²) in [5, 5.41) is 6.56. The highest BCUT2D eigenvalue weighted by Gasteiger charge is 2.28. The average molecular weight is 401 g/mol. The van der Waals surface area contributed by atoms with Crippen LogP contribution in [0.1, 0.15) is 25.7 Å². The topological polar surface area (TPSA) is 70.4 Å². The number of benzene rings is 1. The Hall–Kier alpha value is -1.50. The van der Waals surface area contributed by atoms with Gasteiger partial charge in [-0.25, -0.2) is 0 Å². The Kier molecular flexibility index (Phi) is 7.55. The third-order valence-corrected chi connectivity index (χ3v) is 5.10. The number of hydrogen-bond donors (Lipinski definition) is 2. The second kappa shape index (κ2) is 9.44. The summed E-state index contributed by atoms with van der Waals surface area (Å²) in [6.45, 7) is 3.64. The highest BCUT2D eigenvalue weighted by Crippen LogP contribution is 2.26. The molecule has 0 radical (unpaired) electrons. The van der Waals surface area contributed by atoms with Crippen molar-refractivity contribution in [2.24, 2.45) is 5.92 Å². The Labute approximate surface area is 165 Å². The number of carbonyl (C=O) groups excluding carboxylic acids is 1. The van der Waals surface area contributed by atoms with E-state index in [1.165, 1.54) is 0 Å². The number of halogens is 2. The first-order valence-electron chi connectivity index (χ1n) is 8.91. The van der Waals surface area contributed by atoms with E-state index in [1.807, 2.05) is 24.3 Å². The van der Waals surface area contributed by atoms with Crippen molar-refractivity contribution in [1.82, 2.24) is 15.6 Å². The fourth-order valence-corrected chi connectivity index (χ4v) is 3.61. The molecule has 2 N–H and O–H groups in total. The summed E-state index contributed by atoms with van der Waals surface area (Å²) in [4.78, 5) is 19.2. The van der Waals surface area contributed by atoms with Crippen molar-refractivity contribution in [3.05, 3.63) is 24.3 Å². The molecule has 2 aliphatic rings. The molecule has 2 aromatic rings. The van der Waals surface area contributed by atoms with Gasteiger partial charge in [-0.15, -0.1) is 24.8 Å². The summed E-state index contributed by atoms with van der Waals surface area (Å²) in [6.07, 6.45) is 3.78. The molecule has 6 nitrogen and oxygen atoms in total. The number of fused-ring (bicyclic) bond motifs is 1. The van der Waals surface area contributed by atoms with E-state index in [2.05, 4.69) is 20.5 Å². The van der Waals surface area contributed by atoms with Crippen molar-refractivity contribution in [1.29, 1.82) is 0 Å². The second-order valence-corrected chi connectivity index (χ2v) is 6.76. The van der Waals surface area contributed by atoms with Gasteiger partial charge < -0.3 is 20.0 Å². The van der Waals surface area contributed by atoms with E-state index in [9.17, 15) is 4.79 Å². The molecule has 0 spiro atoms. The fraction of sp³-hybridized carbons (Fsp3) is 0.556. The molecule has 144 valence electrons. The van der Waals surface area contributed by atoms with Gasteiger partial charge in [-0.1, -0.05) is 12.1 Å². The van der Waals surface area contributed by atoms with E-state index < -0.39 is 0 Å². The van der Waals surface area contributed by atoms with Crippen LogP contribution in [0.4, 0.5) is 6.01 Å². The number of amides is 1. The molecule has 26 heavy (non-hydrogen) atoms. The molecular formula is C18H26Cl2N4O2. The number of aromatic nitrogens is 1. The van der Waals surface area contributed by atoms with Gasteiger partial charge in [0.1, 0.15) is 5.52 Å². The molecule has 1 aromatic carbocycles. The van der Waals surface area contributed by atoms with Gasteiger partial charge in [-0.05, 0) is 50.9 Å². The van der Waals surface area contributed by atoms with Crippen LogP contribution in [0.25, 0.3) is 11.1 Å². The minimum absolute atomic E-state index is 0. The molecule has 3 heterocycles. The number of para-hydroxylation sites is 2. The van der Waals surface area contributed by atoms with E-state index in [0.717, 1.165) is 63.0 Å². The molecule has 2 saturated heterocycles. The molecule has 0 bridgehead atoms. The van der Waals surface area contributed by atoms with Gasteiger partial charge >= 0.3 is 0 Å². The van der Waals surface area contributed by atoms with Crippen LogP contribution in [0.3, 0.4) is 0 Å². The van der Waals surface area contributed by atoms with Crippen molar-refractivity contribution < 1.29 is 9.21 Å². The number of nitrogens with zero attached hydrogens (tertiary/aromatic N) is 2. The second-order valence-electron chi connectivity index (χ2n) is 6.76. The van der Waals surface area contributed by atoms with Crippen LogP contribution in [0.5, 0.6) is 0 Å². The lowest BCUT2D eigenvalue weighted by molar-refractivity contribution is -0.126. The molecule has 0 unspecified atom stereocenters. The number of rotatable bonds is 3. The minimum atomic E-state index is 0. The molecule has 0 saturated carbocycles. The lowest BCUT2D eigenvalue weighted by Crippen LogP contribution is -2.47. The Morgan fingerprint density at radius 2 is 1.81 bits per heavy atom. The zero-order valence-electron chi connectivity index (χ0n) is 14.6. The summed E-state index contributed by atoms with van der Waals surface area (Å²) in [5.74, 6) is 0.333. The van der Waals surface area contributed by atoms with E-state index >= 15 is 0 Å². The van der Waals surface area contributed by atoms with Crippen molar-refractivity contribution in [2.45, 2.75) is 31.7 Å². The third-order valence-electron chi connectivity index (χ3n) is 5.10. The third kappa shape index (κ3) is 4.61. The van der Waals surface area contributed by atoms with Gasteiger partial charge in [-0.3, -0.25) is 4.79 Å². The SMILES string of the molecule is Cl.Cl.O=C(NC1CCNCC1)C1CCN(c2nc3ccccc3o2)CC1. The van der Waals surface area contributed by atoms with Crippen LogP contribution in [-0.2, 0) is 4.79 Å². The van der Waals surface area contributed by atoms with Crippen LogP contribution in [0.15, 0.2) is 28.7 Å². The lowest BCUT2D eigenvalue weighted by atomic mass is 9.95. The van der Waals surface area contributed by atoms with Gasteiger partial charge in [0.15, 0.2) is 5.58 Å². The highest BCUT2D eigenvalue weighted by molar-refractivity contribution is 5.85. The first kappa shape index (κ1) is 20.8. The fourth-order valence-electron chi connectivity index (χ4n) is 3.61. The Balaban J connectivity index is 0.00000121. The summed E-state index contributed by atoms with van der Waals surface area (Å²) in [6, 6.07) is 8.83. The lowest BCUT2D eigenvalue weighted by Gasteiger charge is -2.32. The van der Waals surface area contributed by atoms with Crippen molar-refractivity contribution in [3.63, 3.8) is 0 Å². The summed E-state index contributed by atoms with van der Waals surface area (Å²) in [7, 11) is 0. The van der Waals surface area contributed by atoms with Gasteiger partial charge in [0, 0.05) is 25.0 Å². The normalized spacial score (nSPS) is 18.8. The molecule has 4 rings (SSSR count). The Morgan fingerprint density at radius 3 is 2.50 bits per heavy atom. The molecule has 1 amide bonds. The minimum Gasteiger partial charge on any atom is -0.423 e. The molecule has 0 aliphatic carbocycles. The van der Waals surface area contributed by atoms with Crippen molar-refractivity contribution >= 4 is 47.8 Å². The zero-order chi connectivity index (χ0) is 16.4. The monoisotopic (exact) mass is 400 g/mol. The quantitative estimate of drug-likeness (QED) is 0.828. The maximum absolute atomic E-state index is 12.5. The highest BCUT2D eigenvalue weighted by atomic mass is 35.5. The molecule has 2 aliphatic heterocycles. The zero-order valence-corrected chi connectivity index (χ0v) is 16.3. The van der Waals surface area contributed by atoms with Gasteiger partial charge in [0.05, 0.1) is 0 Å². The average Bonchev–Trinajstić information content (AvgIpc) is 3.07. The van der Waals surface area contributed by atoms with Gasteiger partial charge in [0.2, 0.25) is 5.91 Å². The largest absolute Gasteiger partial charge is 0.423 e. The van der Waals surface area contributed by atoms with E-state index in [0.29, 0.717) is 12.1 Å².